The Bertz CT molecular complexity index is 407. The molecule has 0 aromatic heterocycles. The van der Waals surface area contributed by atoms with Gasteiger partial charge in [0.1, 0.15) is 4.75 Å². The minimum atomic E-state index is -4.28. The number of rotatable bonds is 4. The van der Waals surface area contributed by atoms with Crippen LogP contribution < -0.4 is 5.32 Å². The van der Waals surface area contributed by atoms with E-state index in [1.807, 2.05) is 0 Å². The summed E-state index contributed by atoms with van der Waals surface area (Å²) in [5.41, 5.74) is -0.837. The summed E-state index contributed by atoms with van der Waals surface area (Å²) in [5, 5.41) is 2.52. The summed E-state index contributed by atoms with van der Waals surface area (Å²) in [4.78, 5) is 11.4. The third kappa shape index (κ3) is 2.82. The second-order valence-electron chi connectivity index (χ2n) is 4.84. The van der Waals surface area contributed by atoms with Crippen LogP contribution in [0.1, 0.15) is 34.6 Å². The monoisotopic (exact) mass is 249 g/mol. The molecule has 5 nitrogen and oxygen atoms in total. The van der Waals surface area contributed by atoms with Gasteiger partial charge in [-0.05, 0) is 34.6 Å². The van der Waals surface area contributed by atoms with Crippen LogP contribution in [0.4, 0.5) is 0 Å². The van der Waals surface area contributed by atoms with Crippen molar-refractivity contribution in [1.29, 1.82) is 0 Å². The zero-order valence-corrected chi connectivity index (χ0v) is 11.1. The third-order valence-electron chi connectivity index (χ3n) is 2.96. The average Bonchev–Trinajstić information content (AvgIpc) is 2.00. The second-order valence-corrected chi connectivity index (χ2v) is 6.82. The van der Waals surface area contributed by atoms with Gasteiger partial charge >= 0.3 is 0 Å². The number of nitrogens with one attached hydrogen (secondary N) is 1. The van der Waals surface area contributed by atoms with E-state index in [9.17, 15) is 13.2 Å². The van der Waals surface area contributed by atoms with Crippen molar-refractivity contribution in [2.75, 3.05) is 0 Å². The molecule has 0 heterocycles. The Hall–Kier alpha value is -0.880. The Balaban J connectivity index is 5.22. The van der Waals surface area contributed by atoms with Crippen molar-refractivity contribution in [3.8, 4) is 0 Å². The first-order valence-electron chi connectivity index (χ1n) is 4.78. The molecule has 0 aliphatic heterocycles. The highest BCUT2D eigenvalue weighted by atomic mass is 32.2. The van der Waals surface area contributed by atoms with Gasteiger partial charge in [0.2, 0.25) is 5.91 Å². The summed E-state index contributed by atoms with van der Waals surface area (Å²) in [6, 6.07) is 0. The van der Waals surface area contributed by atoms with Gasteiger partial charge in [-0.1, -0.05) is 6.58 Å². The zero-order valence-electron chi connectivity index (χ0n) is 10.3. The van der Waals surface area contributed by atoms with Crippen LogP contribution in [0.5, 0.6) is 0 Å². The molecular formula is C10H19NO4S. The maximum atomic E-state index is 11.4. The molecule has 16 heavy (non-hydrogen) atoms. The molecule has 0 saturated carbocycles. The first-order valence-corrected chi connectivity index (χ1v) is 6.22. The lowest BCUT2D eigenvalue weighted by Crippen LogP contribution is -2.61. The van der Waals surface area contributed by atoms with Gasteiger partial charge in [0.05, 0.1) is 5.54 Å². The number of hydrogen-bond donors (Lipinski definition) is 2. The predicted octanol–water partition coefficient (Wildman–Crippen LogP) is 1.12. The molecule has 2 N–H and O–H groups in total. The van der Waals surface area contributed by atoms with Gasteiger partial charge in [-0.15, -0.1) is 0 Å². The molecule has 0 atom stereocenters. The Morgan fingerprint density at radius 2 is 1.62 bits per heavy atom. The summed E-state index contributed by atoms with van der Waals surface area (Å²) in [5.74, 6) is -0.443. The Morgan fingerprint density at radius 3 is 1.88 bits per heavy atom. The SMILES string of the molecule is C=C(C)C(=O)NC(C)(C)C(C)(C)S(=O)(=O)O. The molecular weight excluding hydrogens is 230 g/mol. The van der Waals surface area contributed by atoms with E-state index < -0.39 is 26.3 Å². The maximum absolute atomic E-state index is 11.4. The van der Waals surface area contributed by atoms with Gasteiger partial charge in [0.25, 0.3) is 10.1 Å². The van der Waals surface area contributed by atoms with Gasteiger partial charge in [0.15, 0.2) is 0 Å². The summed E-state index contributed by atoms with van der Waals surface area (Å²) in [7, 11) is -4.28. The van der Waals surface area contributed by atoms with E-state index in [4.69, 9.17) is 4.55 Å². The van der Waals surface area contributed by atoms with Gasteiger partial charge in [0, 0.05) is 5.57 Å². The number of hydrogen-bond acceptors (Lipinski definition) is 3. The molecule has 0 radical (unpaired) electrons. The maximum Gasteiger partial charge on any atom is 0.272 e. The predicted molar refractivity (Wildman–Crippen MR) is 62.7 cm³/mol. The molecule has 1 amide bonds. The van der Waals surface area contributed by atoms with E-state index in [0.29, 0.717) is 0 Å². The summed E-state index contributed by atoms with van der Waals surface area (Å²) >= 11 is 0. The molecule has 0 aromatic rings. The van der Waals surface area contributed by atoms with Gasteiger partial charge < -0.3 is 5.32 Å². The van der Waals surface area contributed by atoms with Crippen molar-refractivity contribution in [2.24, 2.45) is 0 Å². The molecule has 0 rings (SSSR count). The molecule has 0 spiro atoms. The first kappa shape index (κ1) is 15.1. The smallest absolute Gasteiger partial charge is 0.272 e. The average molecular weight is 249 g/mol. The number of amides is 1. The molecule has 0 aliphatic rings. The normalized spacial score (nSPS) is 13.4. The first-order chi connectivity index (χ1) is 6.83. The molecule has 6 heteroatoms. The summed E-state index contributed by atoms with van der Waals surface area (Å²) in [6.07, 6.45) is 0. The van der Waals surface area contributed by atoms with Crippen LogP contribution in [0.2, 0.25) is 0 Å². The minimum Gasteiger partial charge on any atom is -0.346 e. The number of carbonyl (C=O) groups is 1. The van der Waals surface area contributed by atoms with Crippen LogP contribution in [0, 0.1) is 0 Å². The standard InChI is InChI=1S/C10H19NO4S/c1-7(2)8(12)11-9(3,4)10(5,6)16(13,14)15/h1H2,2-6H3,(H,11,12)(H,13,14,15). The van der Waals surface area contributed by atoms with E-state index in [2.05, 4.69) is 11.9 Å². The fourth-order valence-electron chi connectivity index (χ4n) is 0.863. The molecule has 0 bridgehead atoms. The van der Waals surface area contributed by atoms with Crippen LogP contribution in [-0.4, -0.2) is 29.2 Å². The van der Waals surface area contributed by atoms with Crippen molar-refractivity contribution < 1.29 is 17.8 Å². The minimum absolute atomic E-state index is 0.277. The molecule has 0 fully saturated rings. The fraction of sp³-hybridized carbons (Fsp3) is 0.700. The molecule has 0 saturated heterocycles. The van der Waals surface area contributed by atoms with Gasteiger partial charge in [-0.25, -0.2) is 0 Å². The lowest BCUT2D eigenvalue weighted by Gasteiger charge is -2.39. The third-order valence-corrected chi connectivity index (χ3v) is 4.76. The van der Waals surface area contributed by atoms with E-state index >= 15 is 0 Å². The highest BCUT2D eigenvalue weighted by Gasteiger charge is 2.47. The quantitative estimate of drug-likeness (QED) is 0.578. The highest BCUT2D eigenvalue weighted by molar-refractivity contribution is 7.87. The van der Waals surface area contributed by atoms with Crippen molar-refractivity contribution >= 4 is 16.0 Å². The van der Waals surface area contributed by atoms with Crippen molar-refractivity contribution in [3.05, 3.63) is 12.2 Å². The molecule has 0 aliphatic carbocycles. The fourth-order valence-corrected chi connectivity index (χ4v) is 1.56. The lowest BCUT2D eigenvalue weighted by atomic mass is 9.89. The van der Waals surface area contributed by atoms with Gasteiger partial charge in [-0.2, -0.15) is 8.42 Å². The van der Waals surface area contributed by atoms with Crippen LogP contribution in [-0.2, 0) is 14.9 Å². The van der Waals surface area contributed by atoms with Gasteiger partial charge in [-0.3, -0.25) is 9.35 Å². The van der Waals surface area contributed by atoms with Crippen molar-refractivity contribution in [1.82, 2.24) is 5.32 Å². The van der Waals surface area contributed by atoms with E-state index in [0.717, 1.165) is 0 Å². The van der Waals surface area contributed by atoms with Crippen LogP contribution in [0.3, 0.4) is 0 Å². The van der Waals surface area contributed by atoms with Crippen molar-refractivity contribution in [3.63, 3.8) is 0 Å². The van der Waals surface area contributed by atoms with Crippen LogP contribution in [0.15, 0.2) is 12.2 Å². The second kappa shape index (κ2) is 4.18. The Labute approximate surface area is 96.7 Å². The highest BCUT2D eigenvalue weighted by Crippen LogP contribution is 2.29. The number of carbonyl (C=O) groups excluding carboxylic acids is 1. The van der Waals surface area contributed by atoms with Crippen molar-refractivity contribution in [2.45, 2.75) is 44.9 Å². The van der Waals surface area contributed by atoms with E-state index in [-0.39, 0.29) is 5.57 Å². The largest absolute Gasteiger partial charge is 0.346 e. The zero-order chi connectivity index (χ0) is 13.4. The molecule has 0 unspecified atom stereocenters. The van der Waals surface area contributed by atoms with Crippen LogP contribution in [0.25, 0.3) is 0 Å². The van der Waals surface area contributed by atoms with E-state index in [1.54, 1.807) is 0 Å². The topological polar surface area (TPSA) is 83.5 Å². The molecule has 94 valence electrons. The summed E-state index contributed by atoms with van der Waals surface area (Å²) < 4.78 is 30.1. The van der Waals surface area contributed by atoms with Crippen LogP contribution >= 0.6 is 0 Å². The lowest BCUT2D eigenvalue weighted by molar-refractivity contribution is -0.119. The van der Waals surface area contributed by atoms with E-state index in [1.165, 1.54) is 34.6 Å². The Morgan fingerprint density at radius 1 is 1.25 bits per heavy atom. The Kier molecular flexibility index (Phi) is 3.95. The summed E-state index contributed by atoms with van der Waals surface area (Å²) in [6.45, 7) is 10.7. The molecule has 0 aromatic carbocycles.